The quantitative estimate of drug-likeness (QED) is 0.510. The molecule has 2 N–H and O–H groups in total. The Morgan fingerprint density at radius 2 is 1.64 bits per heavy atom. The second-order valence-electron chi connectivity index (χ2n) is 5.80. The minimum Gasteiger partial charge on any atom is -0.481 e. The predicted octanol–water partition coefficient (Wildman–Crippen LogP) is 3.64. The molecular weight excluding hydrogens is 318 g/mol. The summed E-state index contributed by atoms with van der Waals surface area (Å²) in [5, 5.41) is 11.8. The van der Waals surface area contributed by atoms with E-state index in [1.54, 1.807) is 0 Å². The predicted molar refractivity (Wildman–Crippen MR) is 96.4 cm³/mol. The summed E-state index contributed by atoms with van der Waals surface area (Å²) in [6.07, 6.45) is 1.91. The Bertz CT molecular complexity index is 668. The average molecular weight is 341 g/mol. The van der Waals surface area contributed by atoms with Crippen molar-refractivity contribution in [2.75, 3.05) is 11.9 Å². The van der Waals surface area contributed by atoms with Gasteiger partial charge in [0.1, 0.15) is 6.61 Å². The van der Waals surface area contributed by atoms with Crippen LogP contribution in [0, 0.1) is 0 Å². The summed E-state index contributed by atoms with van der Waals surface area (Å²) >= 11 is 0. The molecule has 25 heavy (non-hydrogen) atoms. The summed E-state index contributed by atoms with van der Waals surface area (Å²) in [5.74, 6) is -1.01. The molecule has 2 aromatic rings. The van der Waals surface area contributed by atoms with E-state index in [1.807, 2.05) is 54.6 Å². The number of aliphatic carboxylic acids is 1. The minimum atomic E-state index is -0.761. The van der Waals surface area contributed by atoms with Crippen molar-refractivity contribution in [2.24, 2.45) is 0 Å². The standard InChI is InChI=1S/C20H23NO4/c22-19(23)8-4-5-13-21-18-11-9-16(10-12-18)14-20(24)25-15-17-6-2-1-3-7-17/h1-3,6-7,9-12,21H,4-5,8,13-15H2,(H,22,23). The molecule has 0 heterocycles. The number of carboxylic acid groups (broad SMARTS) is 1. The molecule has 5 nitrogen and oxygen atoms in total. The lowest BCUT2D eigenvalue weighted by Gasteiger charge is -2.08. The number of carboxylic acids is 1. The van der Waals surface area contributed by atoms with Crippen LogP contribution in [0.4, 0.5) is 5.69 Å². The molecule has 0 spiro atoms. The molecule has 0 bridgehead atoms. The van der Waals surface area contributed by atoms with Crippen LogP contribution in [-0.4, -0.2) is 23.6 Å². The maximum Gasteiger partial charge on any atom is 0.310 e. The Labute approximate surface area is 147 Å². The van der Waals surface area contributed by atoms with Crippen molar-refractivity contribution in [3.05, 3.63) is 65.7 Å². The second-order valence-corrected chi connectivity index (χ2v) is 5.80. The van der Waals surface area contributed by atoms with Gasteiger partial charge in [0.25, 0.3) is 0 Å². The van der Waals surface area contributed by atoms with Gasteiger partial charge in [-0.05, 0) is 36.1 Å². The Balaban J connectivity index is 1.68. The van der Waals surface area contributed by atoms with Crippen LogP contribution in [0.1, 0.15) is 30.4 Å². The van der Waals surface area contributed by atoms with Gasteiger partial charge in [0.2, 0.25) is 0 Å². The van der Waals surface area contributed by atoms with Gasteiger partial charge < -0.3 is 15.2 Å². The molecule has 0 saturated heterocycles. The van der Waals surface area contributed by atoms with Crippen LogP contribution in [0.2, 0.25) is 0 Å². The van der Waals surface area contributed by atoms with Crippen LogP contribution in [0.3, 0.4) is 0 Å². The van der Waals surface area contributed by atoms with Gasteiger partial charge in [-0.1, -0.05) is 42.5 Å². The highest BCUT2D eigenvalue weighted by molar-refractivity contribution is 5.72. The van der Waals surface area contributed by atoms with Crippen molar-refractivity contribution >= 4 is 17.6 Å². The number of carbonyl (C=O) groups is 2. The lowest BCUT2D eigenvalue weighted by Crippen LogP contribution is -2.08. The van der Waals surface area contributed by atoms with E-state index in [0.29, 0.717) is 6.42 Å². The topological polar surface area (TPSA) is 75.6 Å². The third kappa shape index (κ3) is 7.52. The van der Waals surface area contributed by atoms with Gasteiger partial charge >= 0.3 is 11.9 Å². The summed E-state index contributed by atoms with van der Waals surface area (Å²) in [7, 11) is 0. The van der Waals surface area contributed by atoms with Gasteiger partial charge in [0.05, 0.1) is 6.42 Å². The Morgan fingerprint density at radius 1 is 0.920 bits per heavy atom. The number of ether oxygens (including phenoxy) is 1. The second kappa shape index (κ2) is 10.1. The number of carbonyl (C=O) groups excluding carboxylic acids is 1. The molecule has 0 aromatic heterocycles. The molecule has 0 atom stereocenters. The van der Waals surface area contributed by atoms with Crippen molar-refractivity contribution in [2.45, 2.75) is 32.3 Å². The minimum absolute atomic E-state index is 0.200. The Kier molecular flexibility index (Phi) is 7.50. The Morgan fingerprint density at radius 3 is 2.32 bits per heavy atom. The van der Waals surface area contributed by atoms with Crippen molar-refractivity contribution in [1.29, 1.82) is 0 Å². The normalized spacial score (nSPS) is 10.2. The highest BCUT2D eigenvalue weighted by Gasteiger charge is 2.05. The summed E-state index contributed by atoms with van der Waals surface area (Å²) in [4.78, 5) is 22.3. The smallest absolute Gasteiger partial charge is 0.310 e. The number of rotatable bonds is 10. The molecule has 0 amide bonds. The molecule has 0 aliphatic rings. The molecule has 0 aliphatic carbocycles. The largest absolute Gasteiger partial charge is 0.481 e. The van der Waals surface area contributed by atoms with Crippen LogP contribution >= 0.6 is 0 Å². The van der Waals surface area contributed by atoms with Crippen molar-refractivity contribution in [3.8, 4) is 0 Å². The number of hydrogen-bond acceptors (Lipinski definition) is 4. The fourth-order valence-electron chi connectivity index (χ4n) is 2.33. The molecule has 5 heteroatoms. The van der Waals surface area contributed by atoms with Crippen LogP contribution in [0.5, 0.6) is 0 Å². The summed E-state index contributed by atoms with van der Waals surface area (Å²) in [5.41, 5.74) is 2.82. The molecule has 0 saturated carbocycles. The zero-order valence-electron chi connectivity index (χ0n) is 14.1. The van der Waals surface area contributed by atoms with Gasteiger partial charge in [-0.15, -0.1) is 0 Å². The average Bonchev–Trinajstić information content (AvgIpc) is 2.62. The first-order valence-electron chi connectivity index (χ1n) is 8.37. The SMILES string of the molecule is O=C(O)CCCCNc1ccc(CC(=O)OCc2ccccc2)cc1. The van der Waals surface area contributed by atoms with E-state index in [4.69, 9.17) is 9.84 Å². The van der Waals surface area contributed by atoms with Crippen LogP contribution in [-0.2, 0) is 27.4 Å². The molecule has 0 radical (unpaired) electrons. The maximum absolute atomic E-state index is 11.9. The maximum atomic E-state index is 11.9. The Hall–Kier alpha value is -2.82. The van der Waals surface area contributed by atoms with Gasteiger partial charge in [0.15, 0.2) is 0 Å². The lowest BCUT2D eigenvalue weighted by atomic mass is 10.1. The van der Waals surface area contributed by atoms with Gasteiger partial charge in [0, 0.05) is 18.7 Å². The fourth-order valence-corrected chi connectivity index (χ4v) is 2.33. The van der Waals surface area contributed by atoms with E-state index < -0.39 is 5.97 Å². The van der Waals surface area contributed by atoms with Crippen LogP contribution < -0.4 is 5.32 Å². The highest BCUT2D eigenvalue weighted by atomic mass is 16.5. The molecule has 2 aromatic carbocycles. The van der Waals surface area contributed by atoms with Gasteiger partial charge in [-0.2, -0.15) is 0 Å². The first-order chi connectivity index (χ1) is 12.1. The summed E-state index contributed by atoms with van der Waals surface area (Å²) in [6, 6.07) is 17.2. The fraction of sp³-hybridized carbons (Fsp3) is 0.300. The first kappa shape index (κ1) is 18.5. The first-order valence-corrected chi connectivity index (χ1v) is 8.37. The molecule has 0 aliphatic heterocycles. The molecule has 132 valence electrons. The van der Waals surface area contributed by atoms with Crippen molar-refractivity contribution < 1.29 is 19.4 Å². The lowest BCUT2D eigenvalue weighted by molar-refractivity contribution is -0.144. The zero-order chi connectivity index (χ0) is 17.9. The van der Waals surface area contributed by atoms with Crippen LogP contribution in [0.25, 0.3) is 0 Å². The van der Waals surface area contributed by atoms with Crippen molar-refractivity contribution in [3.63, 3.8) is 0 Å². The van der Waals surface area contributed by atoms with E-state index in [2.05, 4.69) is 5.32 Å². The van der Waals surface area contributed by atoms with Gasteiger partial charge in [-0.25, -0.2) is 0 Å². The summed E-state index contributed by atoms with van der Waals surface area (Å²) in [6.45, 7) is 1.02. The number of hydrogen-bond donors (Lipinski definition) is 2. The van der Waals surface area contributed by atoms with Gasteiger partial charge in [-0.3, -0.25) is 9.59 Å². The van der Waals surface area contributed by atoms with E-state index in [0.717, 1.165) is 29.8 Å². The zero-order valence-corrected chi connectivity index (χ0v) is 14.1. The monoisotopic (exact) mass is 341 g/mol. The van der Waals surface area contributed by atoms with E-state index in [-0.39, 0.29) is 25.4 Å². The number of unbranched alkanes of at least 4 members (excludes halogenated alkanes) is 1. The molecule has 0 unspecified atom stereocenters. The highest BCUT2D eigenvalue weighted by Crippen LogP contribution is 2.11. The number of anilines is 1. The van der Waals surface area contributed by atoms with E-state index in [1.165, 1.54) is 0 Å². The number of benzene rings is 2. The van der Waals surface area contributed by atoms with E-state index in [9.17, 15) is 9.59 Å². The van der Waals surface area contributed by atoms with Crippen LogP contribution in [0.15, 0.2) is 54.6 Å². The third-order valence-electron chi connectivity index (χ3n) is 3.69. The number of esters is 1. The number of nitrogens with one attached hydrogen (secondary N) is 1. The summed E-state index contributed by atoms with van der Waals surface area (Å²) < 4.78 is 5.27. The third-order valence-corrected chi connectivity index (χ3v) is 3.69. The van der Waals surface area contributed by atoms with E-state index >= 15 is 0 Å². The molecular formula is C20H23NO4. The molecule has 2 rings (SSSR count). The van der Waals surface area contributed by atoms with Crippen molar-refractivity contribution in [1.82, 2.24) is 0 Å². The molecule has 0 fully saturated rings.